The predicted molar refractivity (Wildman–Crippen MR) is 84.1 cm³/mol. The quantitative estimate of drug-likeness (QED) is 0.784. The smallest absolute Gasteiger partial charge is 0.0972 e. The lowest BCUT2D eigenvalue weighted by atomic mass is 10.0. The van der Waals surface area contributed by atoms with Crippen LogP contribution in [0.1, 0.15) is 29.3 Å². The Balaban J connectivity index is 1.96. The van der Waals surface area contributed by atoms with Crippen LogP contribution >= 0.6 is 11.3 Å². The van der Waals surface area contributed by atoms with Gasteiger partial charge in [0.15, 0.2) is 0 Å². The monoisotopic (exact) mass is 283 g/mol. The molecule has 20 heavy (non-hydrogen) atoms. The summed E-state index contributed by atoms with van der Waals surface area (Å²) < 4.78 is 0. The Morgan fingerprint density at radius 1 is 1.10 bits per heavy atom. The molecule has 3 aromatic rings. The first-order chi connectivity index (χ1) is 9.54. The lowest BCUT2D eigenvalue weighted by Crippen LogP contribution is -2.12. The van der Waals surface area contributed by atoms with Crippen molar-refractivity contribution in [3.05, 3.63) is 64.1 Å². The number of aromatic nitrogens is 1. The summed E-state index contributed by atoms with van der Waals surface area (Å²) in [5, 5.41) is 13.6. The predicted octanol–water partition coefficient (Wildman–Crippen LogP) is 4.11. The first kappa shape index (κ1) is 13.3. The highest BCUT2D eigenvalue weighted by molar-refractivity contribution is 7.11. The van der Waals surface area contributed by atoms with Crippen LogP contribution in [0.15, 0.2) is 48.7 Å². The first-order valence-corrected chi connectivity index (χ1v) is 7.50. The molecule has 2 nitrogen and oxygen atoms in total. The molecule has 3 rings (SSSR count). The van der Waals surface area contributed by atoms with Crippen molar-refractivity contribution < 1.29 is 5.11 Å². The van der Waals surface area contributed by atoms with Crippen LogP contribution in [0.25, 0.3) is 10.8 Å². The third-order valence-corrected chi connectivity index (χ3v) is 4.69. The van der Waals surface area contributed by atoms with Gasteiger partial charge in [-0.25, -0.2) is 4.98 Å². The topological polar surface area (TPSA) is 33.1 Å². The van der Waals surface area contributed by atoms with Gasteiger partial charge >= 0.3 is 0 Å². The number of hydrogen-bond donors (Lipinski definition) is 1. The van der Waals surface area contributed by atoms with Gasteiger partial charge in [-0.3, -0.25) is 0 Å². The van der Waals surface area contributed by atoms with E-state index in [0.717, 1.165) is 16.3 Å². The maximum atomic E-state index is 10.0. The van der Waals surface area contributed by atoms with Crippen LogP contribution in [0.3, 0.4) is 0 Å². The fourth-order valence-corrected chi connectivity index (χ4v) is 3.23. The van der Waals surface area contributed by atoms with Gasteiger partial charge in [-0.15, -0.1) is 11.3 Å². The van der Waals surface area contributed by atoms with E-state index in [2.05, 4.69) is 47.4 Å². The third-order valence-electron chi connectivity index (χ3n) is 3.38. The van der Waals surface area contributed by atoms with Crippen LogP contribution in [-0.4, -0.2) is 10.1 Å². The number of aliphatic hydroxyl groups is 1. The van der Waals surface area contributed by atoms with Gasteiger partial charge in [-0.05, 0) is 30.2 Å². The Morgan fingerprint density at radius 2 is 1.85 bits per heavy atom. The summed E-state index contributed by atoms with van der Waals surface area (Å²) in [6.45, 7) is 3.59. The van der Waals surface area contributed by atoms with Crippen molar-refractivity contribution in [2.45, 2.75) is 25.9 Å². The molecule has 0 aliphatic heterocycles. The summed E-state index contributed by atoms with van der Waals surface area (Å²) >= 11 is 1.58. The summed E-state index contributed by atoms with van der Waals surface area (Å²) in [6.07, 6.45) is 2.59. The molecule has 0 aliphatic carbocycles. The van der Waals surface area contributed by atoms with Gasteiger partial charge in [0.25, 0.3) is 0 Å². The van der Waals surface area contributed by atoms with E-state index in [1.807, 2.05) is 0 Å². The molecular weight excluding hydrogens is 266 g/mol. The molecule has 0 aliphatic rings. The maximum absolute atomic E-state index is 10.0. The zero-order chi connectivity index (χ0) is 14.2. The van der Waals surface area contributed by atoms with E-state index in [9.17, 15) is 5.11 Å². The molecule has 1 N–H and O–H groups in total. The highest BCUT2D eigenvalue weighted by Gasteiger charge is 2.19. The van der Waals surface area contributed by atoms with Crippen LogP contribution in [0.4, 0.5) is 0 Å². The Morgan fingerprint density at radius 3 is 2.60 bits per heavy atom. The van der Waals surface area contributed by atoms with Gasteiger partial charge < -0.3 is 5.11 Å². The largest absolute Gasteiger partial charge is 0.385 e. The molecule has 0 unspecified atom stereocenters. The van der Waals surface area contributed by atoms with E-state index in [0.29, 0.717) is 0 Å². The third kappa shape index (κ3) is 2.60. The van der Waals surface area contributed by atoms with E-state index < -0.39 is 5.60 Å². The Kier molecular flexibility index (Phi) is 3.32. The van der Waals surface area contributed by atoms with E-state index >= 15 is 0 Å². The molecule has 3 heteroatoms. The fraction of sp³-hybridized carbons (Fsp3) is 0.235. The lowest BCUT2D eigenvalue weighted by molar-refractivity contribution is 0.0823. The molecule has 0 bridgehead atoms. The summed E-state index contributed by atoms with van der Waals surface area (Å²) in [4.78, 5) is 5.35. The molecule has 0 fully saturated rings. The molecule has 1 aromatic heterocycles. The van der Waals surface area contributed by atoms with Crippen molar-refractivity contribution in [1.82, 2.24) is 4.98 Å². The van der Waals surface area contributed by atoms with Crippen LogP contribution in [-0.2, 0) is 12.0 Å². The number of thiazole rings is 1. The van der Waals surface area contributed by atoms with Gasteiger partial charge in [-0.1, -0.05) is 42.5 Å². The number of rotatable bonds is 3. The SMILES string of the molecule is CC(C)(O)c1cnc(Cc2cccc3ccccc23)s1. The lowest BCUT2D eigenvalue weighted by Gasteiger charge is -2.13. The highest BCUT2D eigenvalue weighted by atomic mass is 32.1. The van der Waals surface area contributed by atoms with E-state index in [1.54, 1.807) is 31.4 Å². The number of benzene rings is 2. The second-order valence-electron chi connectivity index (χ2n) is 5.49. The van der Waals surface area contributed by atoms with E-state index in [4.69, 9.17) is 0 Å². The van der Waals surface area contributed by atoms with Crippen molar-refractivity contribution in [3.8, 4) is 0 Å². The minimum absolute atomic E-state index is 0.808. The Bertz CT molecular complexity index is 735. The van der Waals surface area contributed by atoms with Crippen molar-refractivity contribution in [3.63, 3.8) is 0 Å². The number of fused-ring (bicyclic) bond motifs is 1. The molecule has 0 amide bonds. The zero-order valence-corrected chi connectivity index (χ0v) is 12.4. The molecule has 0 spiro atoms. The van der Waals surface area contributed by atoms with E-state index in [-0.39, 0.29) is 0 Å². The summed E-state index contributed by atoms with van der Waals surface area (Å²) in [5.74, 6) is 0. The van der Waals surface area contributed by atoms with Crippen LogP contribution in [0.2, 0.25) is 0 Å². The molecule has 102 valence electrons. The van der Waals surface area contributed by atoms with Gasteiger partial charge in [0.1, 0.15) is 0 Å². The second-order valence-corrected chi connectivity index (χ2v) is 6.61. The zero-order valence-electron chi connectivity index (χ0n) is 11.6. The van der Waals surface area contributed by atoms with Crippen molar-refractivity contribution in [2.24, 2.45) is 0 Å². The van der Waals surface area contributed by atoms with Crippen molar-refractivity contribution in [1.29, 1.82) is 0 Å². The van der Waals surface area contributed by atoms with Gasteiger partial charge in [0.05, 0.1) is 15.5 Å². The summed E-state index contributed by atoms with van der Waals surface area (Å²) in [5.41, 5.74) is 0.467. The first-order valence-electron chi connectivity index (χ1n) is 6.68. The summed E-state index contributed by atoms with van der Waals surface area (Å²) in [7, 11) is 0. The normalized spacial score (nSPS) is 11.9. The van der Waals surface area contributed by atoms with Crippen molar-refractivity contribution >= 4 is 22.1 Å². The summed E-state index contributed by atoms with van der Waals surface area (Å²) in [6, 6.07) is 14.8. The average Bonchev–Trinajstić information content (AvgIpc) is 2.88. The Labute approximate surface area is 122 Å². The Hall–Kier alpha value is -1.71. The standard InChI is InChI=1S/C17H17NOS/c1-17(2,19)15-11-18-16(20-15)10-13-8-5-7-12-6-3-4-9-14(12)13/h3-9,11,19H,10H2,1-2H3. The molecular formula is C17H17NOS. The van der Waals surface area contributed by atoms with Crippen LogP contribution in [0.5, 0.6) is 0 Å². The van der Waals surface area contributed by atoms with Gasteiger partial charge in [0, 0.05) is 12.6 Å². The average molecular weight is 283 g/mol. The minimum Gasteiger partial charge on any atom is -0.385 e. The molecule has 0 atom stereocenters. The minimum atomic E-state index is -0.811. The number of hydrogen-bond acceptors (Lipinski definition) is 3. The van der Waals surface area contributed by atoms with Gasteiger partial charge in [-0.2, -0.15) is 0 Å². The van der Waals surface area contributed by atoms with Crippen LogP contribution in [0, 0.1) is 0 Å². The highest BCUT2D eigenvalue weighted by Crippen LogP contribution is 2.28. The second kappa shape index (κ2) is 5.00. The molecule has 1 heterocycles. The van der Waals surface area contributed by atoms with E-state index in [1.165, 1.54) is 16.3 Å². The maximum Gasteiger partial charge on any atom is 0.0972 e. The fourth-order valence-electron chi connectivity index (χ4n) is 2.28. The number of nitrogens with zero attached hydrogens (tertiary/aromatic N) is 1. The molecule has 0 saturated carbocycles. The van der Waals surface area contributed by atoms with Crippen molar-refractivity contribution in [2.75, 3.05) is 0 Å². The molecule has 0 radical (unpaired) electrons. The van der Waals surface area contributed by atoms with Gasteiger partial charge in [0.2, 0.25) is 0 Å². The molecule has 0 saturated heterocycles. The van der Waals surface area contributed by atoms with Crippen LogP contribution < -0.4 is 0 Å². The molecule has 2 aromatic carbocycles.